The first kappa shape index (κ1) is 16.0. The molecular formula is C18H23N3O. The first-order valence-corrected chi connectivity index (χ1v) is 7.67. The summed E-state index contributed by atoms with van der Waals surface area (Å²) in [5.41, 5.74) is 3.93. The maximum absolute atomic E-state index is 12.3. The molecule has 1 aromatic heterocycles. The van der Waals surface area contributed by atoms with Crippen LogP contribution in [-0.4, -0.2) is 28.9 Å². The highest BCUT2D eigenvalue weighted by Crippen LogP contribution is 2.13. The first-order chi connectivity index (χ1) is 10.6. The molecule has 116 valence electrons. The number of pyridine rings is 1. The van der Waals surface area contributed by atoms with Crippen molar-refractivity contribution in [3.63, 3.8) is 0 Å². The van der Waals surface area contributed by atoms with Crippen LogP contribution in [-0.2, 0) is 6.54 Å². The highest BCUT2D eigenvalue weighted by atomic mass is 16.2. The Bertz CT molecular complexity index is 636. The molecule has 0 atom stereocenters. The van der Waals surface area contributed by atoms with Crippen molar-refractivity contribution in [2.45, 2.75) is 27.3 Å². The fourth-order valence-electron chi connectivity index (χ4n) is 2.37. The van der Waals surface area contributed by atoms with Crippen molar-refractivity contribution < 1.29 is 4.79 Å². The number of nitrogens with zero attached hydrogens (tertiary/aromatic N) is 2. The Balaban J connectivity index is 2.07. The molecule has 1 N–H and O–H groups in total. The molecule has 22 heavy (non-hydrogen) atoms. The predicted octanol–water partition coefficient (Wildman–Crippen LogP) is 3.48. The van der Waals surface area contributed by atoms with E-state index >= 15 is 0 Å². The average molecular weight is 297 g/mol. The van der Waals surface area contributed by atoms with Gasteiger partial charge in [0.1, 0.15) is 0 Å². The topological polar surface area (TPSA) is 45.2 Å². The lowest BCUT2D eigenvalue weighted by Gasteiger charge is -2.18. The van der Waals surface area contributed by atoms with E-state index < -0.39 is 0 Å². The Morgan fingerprint density at radius 1 is 1.18 bits per heavy atom. The second-order valence-corrected chi connectivity index (χ2v) is 5.28. The van der Waals surface area contributed by atoms with E-state index in [1.54, 1.807) is 17.3 Å². The molecule has 2 aromatic rings. The Labute approximate surface area is 132 Å². The third-order valence-corrected chi connectivity index (χ3v) is 3.61. The van der Waals surface area contributed by atoms with E-state index in [-0.39, 0.29) is 5.91 Å². The molecular weight excluding hydrogens is 274 g/mol. The molecule has 0 saturated heterocycles. The molecule has 1 heterocycles. The summed E-state index contributed by atoms with van der Waals surface area (Å²) >= 11 is 0. The highest BCUT2D eigenvalue weighted by molar-refractivity contribution is 5.94. The molecule has 2 rings (SSSR count). The van der Waals surface area contributed by atoms with Crippen molar-refractivity contribution in [2.75, 3.05) is 18.4 Å². The first-order valence-electron chi connectivity index (χ1n) is 7.67. The highest BCUT2D eigenvalue weighted by Gasteiger charge is 2.13. The minimum atomic E-state index is 0.0247. The summed E-state index contributed by atoms with van der Waals surface area (Å²) < 4.78 is 0. The van der Waals surface area contributed by atoms with Crippen LogP contribution < -0.4 is 5.32 Å². The van der Waals surface area contributed by atoms with Crippen LogP contribution in [0.2, 0.25) is 0 Å². The number of rotatable bonds is 6. The molecule has 0 spiro atoms. The van der Waals surface area contributed by atoms with Crippen LogP contribution in [0.1, 0.15) is 35.3 Å². The zero-order chi connectivity index (χ0) is 15.9. The van der Waals surface area contributed by atoms with E-state index in [4.69, 9.17) is 0 Å². The second kappa shape index (κ2) is 7.59. The molecule has 0 aliphatic heterocycles. The molecule has 0 radical (unpaired) electrons. The van der Waals surface area contributed by atoms with Crippen LogP contribution in [0.5, 0.6) is 0 Å². The number of nitrogens with one attached hydrogen (secondary N) is 1. The Morgan fingerprint density at radius 2 is 1.95 bits per heavy atom. The van der Waals surface area contributed by atoms with Gasteiger partial charge in [0.2, 0.25) is 0 Å². The molecule has 0 fully saturated rings. The molecule has 4 nitrogen and oxygen atoms in total. The molecule has 4 heteroatoms. The van der Waals surface area contributed by atoms with E-state index in [9.17, 15) is 4.79 Å². The Morgan fingerprint density at radius 3 is 2.64 bits per heavy atom. The van der Waals surface area contributed by atoms with Gasteiger partial charge in [-0.25, -0.2) is 0 Å². The van der Waals surface area contributed by atoms with Crippen molar-refractivity contribution in [1.82, 2.24) is 9.88 Å². The van der Waals surface area contributed by atoms with Crippen molar-refractivity contribution >= 4 is 11.6 Å². The van der Waals surface area contributed by atoms with Gasteiger partial charge in [0, 0.05) is 32.0 Å². The second-order valence-electron chi connectivity index (χ2n) is 5.28. The summed E-state index contributed by atoms with van der Waals surface area (Å²) in [4.78, 5) is 18.3. The molecule has 0 saturated carbocycles. The number of amides is 1. The van der Waals surface area contributed by atoms with Crippen molar-refractivity contribution in [3.8, 4) is 0 Å². The van der Waals surface area contributed by atoms with Crippen LogP contribution in [0.4, 0.5) is 5.69 Å². The minimum absolute atomic E-state index is 0.0247. The number of aromatic nitrogens is 1. The van der Waals surface area contributed by atoms with Crippen LogP contribution in [0.3, 0.4) is 0 Å². The van der Waals surface area contributed by atoms with Gasteiger partial charge in [0.25, 0.3) is 5.91 Å². The van der Waals surface area contributed by atoms with E-state index in [0.717, 1.165) is 5.69 Å². The monoisotopic (exact) mass is 297 g/mol. The van der Waals surface area contributed by atoms with Gasteiger partial charge in [-0.3, -0.25) is 9.78 Å². The van der Waals surface area contributed by atoms with Gasteiger partial charge in [-0.15, -0.1) is 0 Å². The number of hydrogen-bond acceptors (Lipinski definition) is 3. The summed E-state index contributed by atoms with van der Waals surface area (Å²) in [7, 11) is 0. The fraction of sp³-hybridized carbons (Fsp3) is 0.333. The molecule has 0 unspecified atom stereocenters. The number of hydrogen-bond donors (Lipinski definition) is 1. The summed E-state index contributed by atoms with van der Waals surface area (Å²) in [5, 5.41) is 3.33. The maximum Gasteiger partial charge on any atom is 0.255 e. The van der Waals surface area contributed by atoms with Crippen LogP contribution in [0, 0.1) is 6.92 Å². The number of carbonyl (C=O) groups excluding carboxylic acids is 1. The number of aryl methyl sites for hydroxylation is 1. The molecule has 0 aliphatic rings. The largest absolute Gasteiger partial charge is 0.380 e. The Hall–Kier alpha value is -2.36. The standard InChI is InChI=1S/C18H23N3O/c1-4-21(5-2)18(22)16-10-17(13-19-12-16)20-11-15-8-6-7-14(3)9-15/h6-10,12-13,20H,4-5,11H2,1-3H3. The normalized spacial score (nSPS) is 10.3. The quantitative estimate of drug-likeness (QED) is 0.888. The molecule has 1 amide bonds. The van der Waals surface area contributed by atoms with Crippen molar-refractivity contribution in [2.24, 2.45) is 0 Å². The van der Waals surface area contributed by atoms with Gasteiger partial charge in [0.15, 0.2) is 0 Å². The van der Waals surface area contributed by atoms with E-state index in [2.05, 4.69) is 35.4 Å². The predicted molar refractivity (Wildman–Crippen MR) is 90.0 cm³/mol. The molecule has 0 bridgehead atoms. The van der Waals surface area contributed by atoms with E-state index in [1.807, 2.05) is 26.0 Å². The lowest BCUT2D eigenvalue weighted by molar-refractivity contribution is 0.0772. The van der Waals surface area contributed by atoms with Gasteiger partial charge < -0.3 is 10.2 Å². The summed E-state index contributed by atoms with van der Waals surface area (Å²) in [6, 6.07) is 10.2. The smallest absolute Gasteiger partial charge is 0.255 e. The Kier molecular flexibility index (Phi) is 5.53. The average Bonchev–Trinajstić information content (AvgIpc) is 2.54. The van der Waals surface area contributed by atoms with Crippen molar-refractivity contribution in [3.05, 3.63) is 59.4 Å². The van der Waals surface area contributed by atoms with Crippen LogP contribution in [0.15, 0.2) is 42.7 Å². The number of benzene rings is 1. The number of anilines is 1. The molecule has 1 aromatic carbocycles. The third kappa shape index (κ3) is 4.07. The fourth-order valence-corrected chi connectivity index (χ4v) is 2.37. The minimum Gasteiger partial charge on any atom is -0.380 e. The van der Waals surface area contributed by atoms with Crippen LogP contribution >= 0.6 is 0 Å². The lowest BCUT2D eigenvalue weighted by atomic mass is 10.1. The summed E-state index contributed by atoms with van der Waals surface area (Å²) in [6.07, 6.45) is 3.37. The van der Waals surface area contributed by atoms with Gasteiger partial charge in [-0.1, -0.05) is 29.8 Å². The van der Waals surface area contributed by atoms with Gasteiger partial charge in [-0.05, 0) is 32.4 Å². The zero-order valence-electron chi connectivity index (χ0n) is 13.5. The van der Waals surface area contributed by atoms with Gasteiger partial charge >= 0.3 is 0 Å². The van der Waals surface area contributed by atoms with E-state index in [0.29, 0.717) is 25.2 Å². The molecule has 0 aliphatic carbocycles. The third-order valence-electron chi connectivity index (χ3n) is 3.61. The van der Waals surface area contributed by atoms with Crippen LogP contribution in [0.25, 0.3) is 0 Å². The van der Waals surface area contributed by atoms with E-state index in [1.165, 1.54) is 11.1 Å². The SMILES string of the molecule is CCN(CC)C(=O)c1cncc(NCc2cccc(C)c2)c1. The zero-order valence-corrected chi connectivity index (χ0v) is 13.5. The summed E-state index contributed by atoms with van der Waals surface area (Å²) in [5.74, 6) is 0.0247. The summed E-state index contributed by atoms with van der Waals surface area (Å²) in [6.45, 7) is 8.16. The van der Waals surface area contributed by atoms with Gasteiger partial charge in [0.05, 0.1) is 11.3 Å². The van der Waals surface area contributed by atoms with Crippen molar-refractivity contribution in [1.29, 1.82) is 0 Å². The number of carbonyl (C=O) groups is 1. The lowest BCUT2D eigenvalue weighted by Crippen LogP contribution is -2.30. The maximum atomic E-state index is 12.3. The van der Waals surface area contributed by atoms with Gasteiger partial charge in [-0.2, -0.15) is 0 Å².